The fourth-order valence-corrected chi connectivity index (χ4v) is 3.28. The van der Waals surface area contributed by atoms with Gasteiger partial charge in [0.25, 0.3) is 0 Å². The van der Waals surface area contributed by atoms with Crippen LogP contribution >= 0.6 is 23.2 Å². The van der Waals surface area contributed by atoms with E-state index in [4.69, 9.17) is 23.2 Å². The van der Waals surface area contributed by atoms with Crippen LogP contribution < -0.4 is 5.32 Å². The molecule has 4 nitrogen and oxygen atoms in total. The molecule has 0 radical (unpaired) electrons. The van der Waals surface area contributed by atoms with Gasteiger partial charge < -0.3 is 10.2 Å². The van der Waals surface area contributed by atoms with Crippen molar-refractivity contribution >= 4 is 35.0 Å². The summed E-state index contributed by atoms with van der Waals surface area (Å²) in [5.74, 6) is -0.244. The van der Waals surface area contributed by atoms with Crippen molar-refractivity contribution in [1.82, 2.24) is 10.2 Å². The third-order valence-corrected chi connectivity index (χ3v) is 5.18. The van der Waals surface area contributed by atoms with E-state index < -0.39 is 6.04 Å². The van der Waals surface area contributed by atoms with Gasteiger partial charge in [0, 0.05) is 20.0 Å². The van der Waals surface area contributed by atoms with Crippen LogP contribution in [0, 0.1) is 0 Å². The zero-order valence-electron chi connectivity index (χ0n) is 15.5. The Morgan fingerprint density at radius 1 is 1.04 bits per heavy atom. The Balaban J connectivity index is 2.20. The molecule has 0 unspecified atom stereocenters. The SMILES string of the molecule is CC[C@H](C(=O)NC)N(Cc1ccc(Cl)c(Cl)c1)C(=O)CCc1ccccc1. The van der Waals surface area contributed by atoms with Gasteiger partial charge in [-0.3, -0.25) is 9.59 Å². The second kappa shape index (κ2) is 10.3. The van der Waals surface area contributed by atoms with Crippen LogP contribution in [0.15, 0.2) is 48.5 Å². The lowest BCUT2D eigenvalue weighted by Crippen LogP contribution is -2.48. The van der Waals surface area contributed by atoms with Gasteiger partial charge >= 0.3 is 0 Å². The topological polar surface area (TPSA) is 49.4 Å². The number of halogens is 2. The van der Waals surface area contributed by atoms with E-state index in [1.165, 1.54) is 0 Å². The summed E-state index contributed by atoms with van der Waals surface area (Å²) in [6, 6.07) is 14.6. The third-order valence-electron chi connectivity index (χ3n) is 4.44. The molecule has 0 fully saturated rings. The van der Waals surface area contributed by atoms with Crippen molar-refractivity contribution in [3.8, 4) is 0 Å². The fourth-order valence-electron chi connectivity index (χ4n) is 2.96. The Bertz CT molecular complexity index is 781. The van der Waals surface area contributed by atoms with Crippen molar-refractivity contribution in [2.45, 2.75) is 38.8 Å². The van der Waals surface area contributed by atoms with Crippen LogP contribution in [0.1, 0.15) is 30.9 Å². The van der Waals surface area contributed by atoms with E-state index in [1.54, 1.807) is 24.1 Å². The number of aryl methyl sites for hydroxylation is 1. The number of amides is 2. The summed E-state index contributed by atoms with van der Waals surface area (Å²) in [5, 5.41) is 3.54. The normalized spacial score (nSPS) is 11.7. The minimum absolute atomic E-state index is 0.0691. The maximum absolute atomic E-state index is 13.0. The summed E-state index contributed by atoms with van der Waals surface area (Å²) in [6.07, 6.45) is 1.48. The second-order valence-corrected chi connectivity index (χ2v) is 7.11. The lowest BCUT2D eigenvalue weighted by atomic mass is 10.1. The molecule has 0 aromatic heterocycles. The summed E-state index contributed by atoms with van der Waals surface area (Å²) >= 11 is 12.1. The summed E-state index contributed by atoms with van der Waals surface area (Å²) in [7, 11) is 1.58. The first-order valence-corrected chi connectivity index (χ1v) is 9.70. The molecule has 144 valence electrons. The average molecular weight is 407 g/mol. The maximum atomic E-state index is 13.0. The van der Waals surface area contributed by atoms with Gasteiger partial charge in [-0.2, -0.15) is 0 Å². The van der Waals surface area contributed by atoms with Gasteiger partial charge in [0.05, 0.1) is 10.0 Å². The number of hydrogen-bond donors (Lipinski definition) is 1. The molecule has 2 rings (SSSR count). The quantitative estimate of drug-likeness (QED) is 0.702. The van der Waals surface area contributed by atoms with E-state index >= 15 is 0 Å². The Morgan fingerprint density at radius 3 is 2.33 bits per heavy atom. The summed E-state index contributed by atoms with van der Waals surface area (Å²) in [6.45, 7) is 2.20. The summed E-state index contributed by atoms with van der Waals surface area (Å²) in [5.41, 5.74) is 1.92. The van der Waals surface area contributed by atoms with Gasteiger partial charge in [0.1, 0.15) is 6.04 Å². The first kappa shape index (κ1) is 21.3. The number of benzene rings is 2. The van der Waals surface area contributed by atoms with Crippen molar-refractivity contribution in [2.75, 3.05) is 7.05 Å². The summed E-state index contributed by atoms with van der Waals surface area (Å²) in [4.78, 5) is 26.9. The molecule has 0 heterocycles. The summed E-state index contributed by atoms with van der Waals surface area (Å²) < 4.78 is 0. The van der Waals surface area contributed by atoms with Gasteiger partial charge in [0.15, 0.2) is 0 Å². The molecular formula is C21H24Cl2N2O2. The number of rotatable bonds is 8. The van der Waals surface area contributed by atoms with Crippen LogP contribution in [0.3, 0.4) is 0 Å². The van der Waals surface area contributed by atoms with E-state index in [2.05, 4.69) is 5.32 Å². The molecule has 27 heavy (non-hydrogen) atoms. The lowest BCUT2D eigenvalue weighted by Gasteiger charge is -2.30. The highest BCUT2D eigenvalue weighted by molar-refractivity contribution is 6.42. The molecule has 0 aliphatic carbocycles. The molecule has 0 bridgehead atoms. The van der Waals surface area contributed by atoms with Crippen LogP contribution in [0.4, 0.5) is 0 Å². The smallest absolute Gasteiger partial charge is 0.242 e. The van der Waals surface area contributed by atoms with Gasteiger partial charge in [-0.1, -0.05) is 66.5 Å². The number of likely N-dealkylation sites (N-methyl/N-ethyl adjacent to an activating group) is 1. The highest BCUT2D eigenvalue weighted by Gasteiger charge is 2.27. The molecule has 0 aliphatic heterocycles. The molecule has 1 atom stereocenters. The van der Waals surface area contributed by atoms with E-state index in [-0.39, 0.29) is 11.8 Å². The van der Waals surface area contributed by atoms with Crippen LogP contribution in [0.2, 0.25) is 10.0 Å². The standard InChI is InChI=1S/C21H24Cl2N2O2/c1-3-19(21(27)24-2)25(14-16-9-11-17(22)18(23)13-16)20(26)12-10-15-7-5-4-6-8-15/h4-9,11,13,19H,3,10,12,14H2,1-2H3,(H,24,27)/t19-/m1/s1. The first-order chi connectivity index (χ1) is 13.0. The minimum atomic E-state index is -0.535. The Morgan fingerprint density at radius 2 is 1.74 bits per heavy atom. The van der Waals surface area contributed by atoms with Crippen molar-refractivity contribution < 1.29 is 9.59 Å². The van der Waals surface area contributed by atoms with E-state index in [9.17, 15) is 9.59 Å². The third kappa shape index (κ3) is 5.98. The highest BCUT2D eigenvalue weighted by atomic mass is 35.5. The Hall–Kier alpha value is -2.04. The molecule has 0 saturated heterocycles. The van der Waals surface area contributed by atoms with Gasteiger partial charge in [-0.15, -0.1) is 0 Å². The second-order valence-electron chi connectivity index (χ2n) is 6.29. The zero-order valence-corrected chi connectivity index (χ0v) is 17.1. The molecule has 0 spiro atoms. The van der Waals surface area contributed by atoms with Crippen LogP contribution in [-0.4, -0.2) is 29.8 Å². The van der Waals surface area contributed by atoms with Crippen molar-refractivity contribution in [3.63, 3.8) is 0 Å². The van der Waals surface area contributed by atoms with Crippen molar-refractivity contribution in [3.05, 3.63) is 69.7 Å². The number of nitrogens with zero attached hydrogens (tertiary/aromatic N) is 1. The molecule has 2 aromatic carbocycles. The fraction of sp³-hybridized carbons (Fsp3) is 0.333. The molecule has 6 heteroatoms. The van der Waals surface area contributed by atoms with Crippen LogP contribution in [-0.2, 0) is 22.6 Å². The predicted octanol–water partition coefficient (Wildman–Crippen LogP) is 4.48. The molecule has 2 aromatic rings. The number of carbonyl (C=O) groups excluding carboxylic acids is 2. The molecular weight excluding hydrogens is 383 g/mol. The van der Waals surface area contributed by atoms with E-state index in [0.717, 1.165) is 11.1 Å². The zero-order chi connectivity index (χ0) is 19.8. The largest absolute Gasteiger partial charge is 0.357 e. The molecule has 2 amide bonds. The van der Waals surface area contributed by atoms with Gasteiger partial charge in [0.2, 0.25) is 11.8 Å². The van der Waals surface area contributed by atoms with Crippen LogP contribution in [0.25, 0.3) is 0 Å². The van der Waals surface area contributed by atoms with Gasteiger partial charge in [-0.25, -0.2) is 0 Å². The molecule has 0 saturated carbocycles. The van der Waals surface area contributed by atoms with E-state index in [1.807, 2.05) is 43.3 Å². The van der Waals surface area contributed by atoms with Crippen molar-refractivity contribution in [1.29, 1.82) is 0 Å². The molecule has 1 N–H and O–H groups in total. The Kier molecular flexibility index (Phi) is 8.14. The highest BCUT2D eigenvalue weighted by Crippen LogP contribution is 2.24. The van der Waals surface area contributed by atoms with Crippen LogP contribution in [0.5, 0.6) is 0 Å². The minimum Gasteiger partial charge on any atom is -0.357 e. The number of hydrogen-bond acceptors (Lipinski definition) is 2. The first-order valence-electron chi connectivity index (χ1n) is 8.95. The van der Waals surface area contributed by atoms with E-state index in [0.29, 0.717) is 35.9 Å². The average Bonchev–Trinajstić information content (AvgIpc) is 2.69. The Labute approximate surface area is 170 Å². The maximum Gasteiger partial charge on any atom is 0.242 e. The van der Waals surface area contributed by atoms with Gasteiger partial charge in [-0.05, 0) is 36.1 Å². The predicted molar refractivity (Wildman–Crippen MR) is 110 cm³/mol. The number of carbonyl (C=O) groups is 2. The van der Waals surface area contributed by atoms with Crippen molar-refractivity contribution in [2.24, 2.45) is 0 Å². The lowest BCUT2D eigenvalue weighted by molar-refractivity contribution is -0.141. The monoisotopic (exact) mass is 406 g/mol. The molecule has 0 aliphatic rings. The number of nitrogens with one attached hydrogen (secondary N) is 1.